The summed E-state index contributed by atoms with van der Waals surface area (Å²) in [4.78, 5) is 4.70. The molecule has 0 radical (unpaired) electrons. The van der Waals surface area contributed by atoms with Crippen molar-refractivity contribution >= 4 is 0 Å². The number of hydrogen-bond donors (Lipinski definition) is 1. The number of aryl methyl sites for hydroxylation is 3. The van der Waals surface area contributed by atoms with Crippen LogP contribution in [0.5, 0.6) is 0 Å². The second-order valence-corrected chi connectivity index (χ2v) is 6.47. The molecular weight excluding hydrogens is 258 g/mol. The van der Waals surface area contributed by atoms with Crippen LogP contribution >= 0.6 is 0 Å². The average Bonchev–Trinajstić information content (AvgIpc) is 2.35. The van der Waals surface area contributed by atoms with Gasteiger partial charge in [-0.1, -0.05) is 24.6 Å². The van der Waals surface area contributed by atoms with Gasteiger partial charge in [0, 0.05) is 12.6 Å². The molecule has 0 amide bonds. The Kier molecular flexibility index (Phi) is 7.36. The molecule has 0 aliphatic carbocycles. The minimum absolute atomic E-state index is 0.102. The van der Waals surface area contributed by atoms with Crippen molar-refractivity contribution in [2.24, 2.45) is 5.73 Å². The average molecular weight is 291 g/mol. The third kappa shape index (κ3) is 5.77. The van der Waals surface area contributed by atoms with E-state index in [9.17, 15) is 0 Å². The van der Waals surface area contributed by atoms with Gasteiger partial charge in [0.25, 0.3) is 0 Å². The van der Waals surface area contributed by atoms with Crippen LogP contribution < -0.4 is 5.73 Å². The molecular formula is C18H33N3. The molecule has 21 heavy (non-hydrogen) atoms. The van der Waals surface area contributed by atoms with Gasteiger partial charge in [-0.05, 0) is 77.6 Å². The van der Waals surface area contributed by atoms with Crippen LogP contribution in [-0.4, -0.2) is 50.1 Å². The molecule has 0 spiro atoms. The summed E-state index contributed by atoms with van der Waals surface area (Å²) in [6.45, 7) is 13.0. The molecule has 0 saturated heterocycles. The van der Waals surface area contributed by atoms with Crippen LogP contribution in [0.25, 0.3) is 0 Å². The lowest BCUT2D eigenvalue weighted by molar-refractivity contribution is 0.252. The number of rotatable bonds is 8. The first-order valence-electron chi connectivity index (χ1n) is 8.05. The zero-order valence-electron chi connectivity index (χ0n) is 14.7. The summed E-state index contributed by atoms with van der Waals surface area (Å²) in [5.41, 5.74) is 11.8. The van der Waals surface area contributed by atoms with Gasteiger partial charge in [0.15, 0.2) is 0 Å². The highest BCUT2D eigenvalue weighted by atomic mass is 15.1. The number of nitrogens with two attached hydrogens (primary N) is 1. The van der Waals surface area contributed by atoms with Crippen LogP contribution in [0, 0.1) is 20.8 Å². The van der Waals surface area contributed by atoms with Crippen LogP contribution in [0.1, 0.15) is 41.6 Å². The van der Waals surface area contributed by atoms with Crippen molar-refractivity contribution in [3.05, 3.63) is 34.4 Å². The highest BCUT2D eigenvalue weighted by Crippen LogP contribution is 2.22. The summed E-state index contributed by atoms with van der Waals surface area (Å²) >= 11 is 0. The molecule has 3 heteroatoms. The summed E-state index contributed by atoms with van der Waals surface area (Å²) in [5.74, 6) is 0. The Hall–Kier alpha value is -0.900. The Labute approximate surface area is 131 Å². The minimum atomic E-state index is 0.102. The molecule has 1 rings (SSSR count). The van der Waals surface area contributed by atoms with Crippen molar-refractivity contribution in [3.8, 4) is 0 Å². The molecule has 0 aliphatic rings. The smallest absolute Gasteiger partial charge is 0.0429 e. The van der Waals surface area contributed by atoms with Gasteiger partial charge < -0.3 is 15.5 Å². The van der Waals surface area contributed by atoms with E-state index in [1.807, 2.05) is 0 Å². The van der Waals surface area contributed by atoms with Crippen LogP contribution in [0.15, 0.2) is 12.1 Å². The van der Waals surface area contributed by atoms with Gasteiger partial charge in [-0.25, -0.2) is 0 Å². The lowest BCUT2D eigenvalue weighted by atomic mass is 9.94. The fraction of sp³-hybridized carbons (Fsp3) is 0.667. The van der Waals surface area contributed by atoms with Gasteiger partial charge in [-0.3, -0.25) is 0 Å². The number of benzene rings is 1. The molecule has 0 saturated carbocycles. The van der Waals surface area contributed by atoms with E-state index >= 15 is 0 Å². The van der Waals surface area contributed by atoms with E-state index in [1.165, 1.54) is 28.7 Å². The Bertz CT molecular complexity index is 417. The number of hydrogen-bond acceptors (Lipinski definition) is 3. The molecule has 0 fully saturated rings. The van der Waals surface area contributed by atoms with Gasteiger partial charge in [-0.15, -0.1) is 0 Å². The van der Waals surface area contributed by atoms with Gasteiger partial charge >= 0.3 is 0 Å². The van der Waals surface area contributed by atoms with Crippen LogP contribution in [0.4, 0.5) is 0 Å². The van der Waals surface area contributed by atoms with Gasteiger partial charge in [0.05, 0.1) is 0 Å². The first-order chi connectivity index (χ1) is 9.85. The Balaban J connectivity index is 2.68. The largest absolute Gasteiger partial charge is 0.323 e. The summed E-state index contributed by atoms with van der Waals surface area (Å²) in [5, 5.41) is 0. The van der Waals surface area contributed by atoms with E-state index in [-0.39, 0.29) is 6.04 Å². The predicted octanol–water partition coefficient (Wildman–Crippen LogP) is 2.89. The monoisotopic (exact) mass is 291 g/mol. The van der Waals surface area contributed by atoms with E-state index in [0.717, 1.165) is 26.2 Å². The topological polar surface area (TPSA) is 32.5 Å². The predicted molar refractivity (Wildman–Crippen MR) is 92.9 cm³/mol. The van der Waals surface area contributed by atoms with E-state index in [4.69, 9.17) is 5.73 Å². The van der Waals surface area contributed by atoms with Crippen molar-refractivity contribution in [1.29, 1.82) is 0 Å². The molecule has 1 aromatic carbocycles. The number of nitrogens with zero attached hydrogens (tertiary/aromatic N) is 2. The van der Waals surface area contributed by atoms with E-state index in [2.05, 4.69) is 63.7 Å². The zero-order valence-corrected chi connectivity index (χ0v) is 14.7. The molecule has 0 bridgehead atoms. The second-order valence-electron chi connectivity index (χ2n) is 6.47. The quantitative estimate of drug-likeness (QED) is 0.799. The van der Waals surface area contributed by atoms with Gasteiger partial charge in [0.1, 0.15) is 0 Å². The normalized spacial score (nSPS) is 13.2. The highest BCUT2D eigenvalue weighted by molar-refractivity contribution is 5.39. The maximum Gasteiger partial charge on any atom is 0.0429 e. The first-order valence-corrected chi connectivity index (χ1v) is 8.05. The van der Waals surface area contributed by atoms with E-state index in [1.54, 1.807) is 0 Å². The maximum absolute atomic E-state index is 6.50. The molecule has 0 aromatic heterocycles. The van der Waals surface area contributed by atoms with E-state index < -0.39 is 0 Å². The summed E-state index contributed by atoms with van der Waals surface area (Å²) in [7, 11) is 4.25. The van der Waals surface area contributed by atoms with Gasteiger partial charge in [0.2, 0.25) is 0 Å². The van der Waals surface area contributed by atoms with Crippen molar-refractivity contribution in [2.45, 2.75) is 40.2 Å². The highest BCUT2D eigenvalue weighted by Gasteiger charge is 2.15. The summed E-state index contributed by atoms with van der Waals surface area (Å²) < 4.78 is 0. The molecule has 2 N–H and O–H groups in total. The molecule has 1 aromatic rings. The van der Waals surface area contributed by atoms with Crippen LogP contribution in [0.2, 0.25) is 0 Å². The maximum atomic E-state index is 6.50. The third-order valence-electron chi connectivity index (χ3n) is 4.09. The van der Waals surface area contributed by atoms with Gasteiger partial charge in [-0.2, -0.15) is 0 Å². The molecule has 1 atom stereocenters. The lowest BCUT2D eigenvalue weighted by Crippen LogP contribution is -2.34. The van der Waals surface area contributed by atoms with Crippen molar-refractivity contribution in [1.82, 2.24) is 9.80 Å². The molecule has 120 valence electrons. The van der Waals surface area contributed by atoms with Crippen molar-refractivity contribution in [2.75, 3.05) is 40.3 Å². The standard InChI is InChI=1S/C18H33N3/c1-7-21(10-8-9-20(5)6)13-17(19)18-15(3)11-14(2)12-16(18)4/h11-12,17H,7-10,13,19H2,1-6H3. The van der Waals surface area contributed by atoms with Crippen molar-refractivity contribution < 1.29 is 0 Å². The minimum Gasteiger partial charge on any atom is -0.323 e. The lowest BCUT2D eigenvalue weighted by Gasteiger charge is -2.27. The second kappa shape index (κ2) is 8.52. The molecule has 3 nitrogen and oxygen atoms in total. The zero-order chi connectivity index (χ0) is 16.0. The summed E-state index contributed by atoms with van der Waals surface area (Å²) in [6.07, 6.45) is 1.19. The molecule has 0 aliphatic heterocycles. The summed E-state index contributed by atoms with van der Waals surface area (Å²) in [6, 6.07) is 4.58. The third-order valence-corrected chi connectivity index (χ3v) is 4.09. The SMILES string of the molecule is CCN(CCCN(C)C)CC(N)c1c(C)cc(C)cc1C. The Morgan fingerprint density at radius 2 is 1.62 bits per heavy atom. The fourth-order valence-electron chi connectivity index (χ4n) is 3.13. The van der Waals surface area contributed by atoms with Crippen LogP contribution in [0.3, 0.4) is 0 Å². The molecule has 1 unspecified atom stereocenters. The Morgan fingerprint density at radius 1 is 1.05 bits per heavy atom. The Morgan fingerprint density at radius 3 is 2.10 bits per heavy atom. The fourth-order valence-corrected chi connectivity index (χ4v) is 3.13. The van der Waals surface area contributed by atoms with E-state index in [0.29, 0.717) is 0 Å². The van der Waals surface area contributed by atoms with Crippen molar-refractivity contribution in [3.63, 3.8) is 0 Å². The number of likely N-dealkylation sites (N-methyl/N-ethyl adjacent to an activating group) is 1. The first kappa shape index (κ1) is 18.1. The van der Waals surface area contributed by atoms with Crippen LogP contribution in [-0.2, 0) is 0 Å². The molecule has 0 heterocycles.